The number of carbonyl (C=O) groups is 1. The number of carbonyl (C=O) groups excluding carboxylic acids is 1. The quantitative estimate of drug-likeness (QED) is 0.720. The summed E-state index contributed by atoms with van der Waals surface area (Å²) < 4.78 is 0. The summed E-state index contributed by atoms with van der Waals surface area (Å²) in [5.41, 5.74) is 0. The second kappa shape index (κ2) is 6.67. The molecule has 0 aromatic heterocycles. The van der Waals surface area contributed by atoms with Crippen LogP contribution in [0.3, 0.4) is 0 Å². The summed E-state index contributed by atoms with van der Waals surface area (Å²) >= 11 is 0. The van der Waals surface area contributed by atoms with Gasteiger partial charge in [0.2, 0.25) is 0 Å². The highest BCUT2D eigenvalue weighted by molar-refractivity contribution is 5.74. The lowest BCUT2D eigenvalue weighted by molar-refractivity contribution is 0.195. The van der Waals surface area contributed by atoms with Crippen molar-refractivity contribution >= 4 is 6.03 Å². The SMILES string of the molecule is CCCNC(=O)N(CC)CC1CCCN1. The molecule has 1 unspecified atom stereocenters. The summed E-state index contributed by atoms with van der Waals surface area (Å²) in [4.78, 5) is 13.6. The van der Waals surface area contributed by atoms with E-state index < -0.39 is 0 Å². The Labute approximate surface area is 92.4 Å². The zero-order chi connectivity index (χ0) is 11.1. The van der Waals surface area contributed by atoms with Crippen molar-refractivity contribution in [3.8, 4) is 0 Å². The molecule has 15 heavy (non-hydrogen) atoms. The molecule has 1 aliphatic heterocycles. The minimum atomic E-state index is 0.0769. The number of likely N-dealkylation sites (N-methyl/N-ethyl adjacent to an activating group) is 1. The Hall–Kier alpha value is -0.770. The van der Waals surface area contributed by atoms with Crippen LogP contribution in [0.5, 0.6) is 0 Å². The van der Waals surface area contributed by atoms with Crippen molar-refractivity contribution < 1.29 is 4.79 Å². The highest BCUT2D eigenvalue weighted by Crippen LogP contribution is 2.06. The van der Waals surface area contributed by atoms with Gasteiger partial charge in [-0.15, -0.1) is 0 Å². The third-order valence-corrected chi connectivity index (χ3v) is 2.80. The van der Waals surface area contributed by atoms with Gasteiger partial charge in [0.05, 0.1) is 0 Å². The van der Waals surface area contributed by atoms with E-state index in [0.717, 1.165) is 32.6 Å². The van der Waals surface area contributed by atoms with E-state index in [-0.39, 0.29) is 6.03 Å². The molecule has 0 aliphatic carbocycles. The van der Waals surface area contributed by atoms with Crippen LogP contribution < -0.4 is 10.6 Å². The van der Waals surface area contributed by atoms with Gasteiger partial charge in [-0.3, -0.25) is 0 Å². The van der Waals surface area contributed by atoms with E-state index in [9.17, 15) is 4.79 Å². The molecule has 0 spiro atoms. The third kappa shape index (κ3) is 4.08. The minimum absolute atomic E-state index is 0.0769. The van der Waals surface area contributed by atoms with E-state index in [1.807, 2.05) is 11.8 Å². The Balaban J connectivity index is 2.29. The summed E-state index contributed by atoms with van der Waals surface area (Å²) in [5, 5.41) is 6.33. The van der Waals surface area contributed by atoms with E-state index in [4.69, 9.17) is 0 Å². The van der Waals surface area contributed by atoms with Crippen LogP contribution in [-0.4, -0.2) is 43.2 Å². The lowest BCUT2D eigenvalue weighted by Gasteiger charge is -2.24. The van der Waals surface area contributed by atoms with Crippen LogP contribution in [0.25, 0.3) is 0 Å². The lowest BCUT2D eigenvalue weighted by Crippen LogP contribution is -2.45. The monoisotopic (exact) mass is 213 g/mol. The van der Waals surface area contributed by atoms with Crippen LogP contribution >= 0.6 is 0 Å². The van der Waals surface area contributed by atoms with Gasteiger partial charge in [-0.25, -0.2) is 4.79 Å². The molecule has 0 aromatic carbocycles. The van der Waals surface area contributed by atoms with Crippen molar-refractivity contribution in [3.05, 3.63) is 0 Å². The highest BCUT2D eigenvalue weighted by Gasteiger charge is 2.19. The fraction of sp³-hybridized carbons (Fsp3) is 0.909. The van der Waals surface area contributed by atoms with Crippen molar-refractivity contribution in [1.29, 1.82) is 0 Å². The molecule has 1 atom stereocenters. The molecule has 2 N–H and O–H groups in total. The van der Waals surface area contributed by atoms with Crippen molar-refractivity contribution in [2.75, 3.05) is 26.2 Å². The van der Waals surface area contributed by atoms with Gasteiger partial charge in [0.25, 0.3) is 0 Å². The van der Waals surface area contributed by atoms with E-state index in [1.165, 1.54) is 12.8 Å². The Kier molecular flexibility index (Phi) is 5.47. The zero-order valence-electron chi connectivity index (χ0n) is 9.88. The number of nitrogens with zero attached hydrogens (tertiary/aromatic N) is 1. The standard InChI is InChI=1S/C11H23N3O/c1-3-7-13-11(15)14(4-2)9-10-6-5-8-12-10/h10,12H,3-9H2,1-2H3,(H,13,15). The Morgan fingerprint density at radius 2 is 2.33 bits per heavy atom. The summed E-state index contributed by atoms with van der Waals surface area (Å²) in [7, 11) is 0. The van der Waals surface area contributed by atoms with Gasteiger partial charge in [0.1, 0.15) is 0 Å². The zero-order valence-corrected chi connectivity index (χ0v) is 9.88. The van der Waals surface area contributed by atoms with Crippen LogP contribution in [0.15, 0.2) is 0 Å². The fourth-order valence-corrected chi connectivity index (χ4v) is 1.88. The summed E-state index contributed by atoms with van der Waals surface area (Å²) in [6.45, 7) is 7.58. The molecule has 1 fully saturated rings. The molecule has 1 heterocycles. The summed E-state index contributed by atoms with van der Waals surface area (Å²) in [5.74, 6) is 0. The van der Waals surface area contributed by atoms with Crippen LogP contribution in [-0.2, 0) is 0 Å². The average molecular weight is 213 g/mol. The largest absolute Gasteiger partial charge is 0.338 e. The first kappa shape index (κ1) is 12.3. The molecule has 4 heteroatoms. The summed E-state index contributed by atoms with van der Waals surface area (Å²) in [6.07, 6.45) is 3.42. The molecule has 0 bridgehead atoms. The van der Waals surface area contributed by atoms with E-state index in [2.05, 4.69) is 17.6 Å². The Morgan fingerprint density at radius 1 is 1.53 bits per heavy atom. The first-order valence-electron chi connectivity index (χ1n) is 6.04. The number of rotatable bonds is 5. The van der Waals surface area contributed by atoms with Gasteiger partial charge in [-0.2, -0.15) is 0 Å². The summed E-state index contributed by atoms with van der Waals surface area (Å²) in [6, 6.07) is 0.574. The Morgan fingerprint density at radius 3 is 2.87 bits per heavy atom. The number of hydrogen-bond donors (Lipinski definition) is 2. The maximum Gasteiger partial charge on any atom is 0.317 e. The second-order valence-corrected chi connectivity index (χ2v) is 4.06. The second-order valence-electron chi connectivity index (χ2n) is 4.06. The first-order chi connectivity index (χ1) is 7.27. The van der Waals surface area contributed by atoms with E-state index in [1.54, 1.807) is 0 Å². The molecule has 0 saturated carbocycles. The Bertz CT molecular complexity index is 190. The van der Waals surface area contributed by atoms with Gasteiger partial charge in [-0.1, -0.05) is 6.92 Å². The minimum Gasteiger partial charge on any atom is -0.338 e. The molecule has 0 aromatic rings. The number of nitrogens with one attached hydrogen (secondary N) is 2. The van der Waals surface area contributed by atoms with Gasteiger partial charge >= 0.3 is 6.03 Å². The molecule has 2 amide bonds. The molecule has 1 saturated heterocycles. The van der Waals surface area contributed by atoms with Crippen molar-refractivity contribution in [2.45, 2.75) is 39.2 Å². The van der Waals surface area contributed by atoms with Crippen LogP contribution in [0.4, 0.5) is 4.79 Å². The van der Waals surface area contributed by atoms with Crippen molar-refractivity contribution in [3.63, 3.8) is 0 Å². The molecule has 0 radical (unpaired) electrons. The lowest BCUT2D eigenvalue weighted by atomic mass is 10.2. The first-order valence-corrected chi connectivity index (χ1v) is 6.04. The molecule has 1 rings (SSSR count). The van der Waals surface area contributed by atoms with E-state index >= 15 is 0 Å². The average Bonchev–Trinajstić information content (AvgIpc) is 2.75. The number of amides is 2. The van der Waals surface area contributed by atoms with Crippen LogP contribution in [0.1, 0.15) is 33.1 Å². The highest BCUT2D eigenvalue weighted by atomic mass is 16.2. The third-order valence-electron chi connectivity index (χ3n) is 2.80. The van der Waals surface area contributed by atoms with Gasteiger partial charge < -0.3 is 15.5 Å². The van der Waals surface area contributed by atoms with Crippen molar-refractivity contribution in [2.24, 2.45) is 0 Å². The maximum absolute atomic E-state index is 11.7. The van der Waals surface area contributed by atoms with Crippen molar-refractivity contribution in [1.82, 2.24) is 15.5 Å². The fourth-order valence-electron chi connectivity index (χ4n) is 1.88. The predicted octanol–water partition coefficient (Wildman–Crippen LogP) is 1.18. The molecular weight excluding hydrogens is 190 g/mol. The van der Waals surface area contributed by atoms with Gasteiger partial charge in [-0.05, 0) is 32.7 Å². The predicted molar refractivity (Wildman–Crippen MR) is 62.0 cm³/mol. The van der Waals surface area contributed by atoms with Crippen LogP contribution in [0, 0.1) is 0 Å². The number of urea groups is 1. The molecule has 1 aliphatic rings. The molecule has 88 valence electrons. The number of hydrogen-bond acceptors (Lipinski definition) is 2. The van der Waals surface area contributed by atoms with Crippen LogP contribution in [0.2, 0.25) is 0 Å². The molecule has 4 nitrogen and oxygen atoms in total. The topological polar surface area (TPSA) is 44.4 Å². The van der Waals surface area contributed by atoms with E-state index in [0.29, 0.717) is 6.04 Å². The normalized spacial score (nSPS) is 20.3. The molecular formula is C11H23N3O. The van der Waals surface area contributed by atoms with Gasteiger partial charge in [0, 0.05) is 25.7 Å². The smallest absolute Gasteiger partial charge is 0.317 e. The van der Waals surface area contributed by atoms with Gasteiger partial charge in [0.15, 0.2) is 0 Å². The maximum atomic E-state index is 11.7.